The largest absolute Gasteiger partial charge is 0.393 e. The molecule has 0 aliphatic heterocycles. The van der Waals surface area contributed by atoms with Gasteiger partial charge in [-0.15, -0.1) is 11.3 Å². The SMILES string of the molecule is CC(=O)CC(=O)Nc1scc(C2CC[C@H]3[C@@H]4CC=C5C[C@@H](O)CC[C@]5(C)[C@H]4CC[C@]23C)c1C#N. The zero-order chi connectivity index (χ0) is 24.3. The summed E-state index contributed by atoms with van der Waals surface area (Å²) in [7, 11) is 0. The molecule has 182 valence electrons. The number of aliphatic hydroxyl groups excluding tert-OH is 1. The monoisotopic (exact) mass is 480 g/mol. The van der Waals surface area contributed by atoms with E-state index in [-0.39, 0.29) is 35.0 Å². The maximum Gasteiger partial charge on any atom is 0.232 e. The molecule has 0 spiro atoms. The van der Waals surface area contributed by atoms with Crippen molar-refractivity contribution in [2.45, 2.75) is 90.6 Å². The average Bonchev–Trinajstić information content (AvgIpc) is 3.33. The van der Waals surface area contributed by atoms with Crippen LogP contribution in [0.25, 0.3) is 0 Å². The van der Waals surface area contributed by atoms with Crippen molar-refractivity contribution in [1.29, 1.82) is 5.26 Å². The van der Waals surface area contributed by atoms with Crippen molar-refractivity contribution in [1.82, 2.24) is 0 Å². The van der Waals surface area contributed by atoms with E-state index in [1.807, 2.05) is 0 Å². The lowest BCUT2D eigenvalue weighted by molar-refractivity contribution is -0.124. The minimum Gasteiger partial charge on any atom is -0.393 e. The van der Waals surface area contributed by atoms with E-state index in [9.17, 15) is 20.0 Å². The quantitative estimate of drug-likeness (QED) is 0.412. The third-order valence-corrected chi connectivity index (χ3v) is 11.0. The number of hydrogen-bond donors (Lipinski definition) is 2. The number of fused-ring (bicyclic) bond motifs is 5. The van der Waals surface area contributed by atoms with E-state index in [2.05, 4.69) is 36.7 Å². The average molecular weight is 481 g/mol. The van der Waals surface area contributed by atoms with Gasteiger partial charge < -0.3 is 10.4 Å². The minimum atomic E-state index is -0.343. The molecule has 5 rings (SSSR count). The molecule has 1 aromatic heterocycles. The molecule has 34 heavy (non-hydrogen) atoms. The number of allylic oxidation sites excluding steroid dienone is 1. The third kappa shape index (κ3) is 3.67. The Morgan fingerprint density at radius 2 is 2.00 bits per heavy atom. The molecule has 0 saturated heterocycles. The van der Waals surface area contributed by atoms with Crippen LogP contribution in [0.1, 0.15) is 95.6 Å². The zero-order valence-electron chi connectivity index (χ0n) is 20.5. The summed E-state index contributed by atoms with van der Waals surface area (Å²) in [5.41, 5.74) is 3.57. The summed E-state index contributed by atoms with van der Waals surface area (Å²) in [4.78, 5) is 23.5. The number of amides is 1. The van der Waals surface area contributed by atoms with Crippen LogP contribution in [0.2, 0.25) is 0 Å². The number of thiophene rings is 1. The number of Topliss-reactive ketones (excluding diaryl/α,β-unsaturated/α-hetero) is 1. The van der Waals surface area contributed by atoms with E-state index < -0.39 is 0 Å². The van der Waals surface area contributed by atoms with E-state index in [0.29, 0.717) is 34.2 Å². The fraction of sp³-hybridized carbons (Fsp3) is 0.679. The van der Waals surface area contributed by atoms with Crippen molar-refractivity contribution in [3.63, 3.8) is 0 Å². The second-order valence-electron chi connectivity index (χ2n) is 11.8. The second kappa shape index (κ2) is 8.60. The molecular weight excluding hydrogens is 444 g/mol. The Labute approximate surface area is 206 Å². The summed E-state index contributed by atoms with van der Waals surface area (Å²) in [5.74, 6) is 1.81. The summed E-state index contributed by atoms with van der Waals surface area (Å²) < 4.78 is 0. The number of carbonyl (C=O) groups excluding carboxylic acids is 2. The summed E-state index contributed by atoms with van der Waals surface area (Å²) >= 11 is 1.42. The van der Waals surface area contributed by atoms with E-state index in [0.717, 1.165) is 37.7 Å². The Bertz CT molecular complexity index is 1080. The first-order chi connectivity index (χ1) is 16.2. The number of nitrogens with zero attached hydrogens (tertiary/aromatic N) is 1. The number of aliphatic hydroxyl groups is 1. The van der Waals surface area contributed by atoms with Crippen molar-refractivity contribution >= 4 is 28.0 Å². The highest BCUT2D eigenvalue weighted by Crippen LogP contribution is 2.68. The smallest absolute Gasteiger partial charge is 0.232 e. The summed E-state index contributed by atoms with van der Waals surface area (Å²) in [6.45, 7) is 6.31. The van der Waals surface area contributed by atoms with Crippen LogP contribution in [0.4, 0.5) is 5.00 Å². The predicted octanol–water partition coefficient (Wildman–Crippen LogP) is 5.94. The Kier molecular flexibility index (Phi) is 6.01. The molecule has 4 aliphatic rings. The minimum absolute atomic E-state index is 0.157. The summed E-state index contributed by atoms with van der Waals surface area (Å²) in [6, 6.07) is 2.37. The van der Waals surface area contributed by atoms with Crippen molar-refractivity contribution in [3.8, 4) is 6.07 Å². The van der Waals surface area contributed by atoms with Gasteiger partial charge in [-0.1, -0.05) is 25.5 Å². The molecule has 0 radical (unpaired) electrons. The Hall–Kier alpha value is -1.97. The van der Waals surface area contributed by atoms with Crippen LogP contribution in [-0.4, -0.2) is 22.9 Å². The molecule has 7 atom stereocenters. The summed E-state index contributed by atoms with van der Waals surface area (Å²) in [6.07, 6.45) is 10.8. The van der Waals surface area contributed by atoms with E-state index in [4.69, 9.17) is 0 Å². The molecule has 1 unspecified atom stereocenters. The first-order valence-corrected chi connectivity index (χ1v) is 13.7. The van der Waals surface area contributed by atoms with Crippen LogP contribution in [-0.2, 0) is 9.59 Å². The first-order valence-electron chi connectivity index (χ1n) is 12.9. The van der Waals surface area contributed by atoms with Gasteiger partial charge in [0.25, 0.3) is 0 Å². The molecule has 1 aromatic rings. The molecule has 3 fully saturated rings. The molecule has 4 aliphatic carbocycles. The number of hydrogen-bond acceptors (Lipinski definition) is 5. The normalized spacial score (nSPS) is 38.7. The lowest BCUT2D eigenvalue weighted by atomic mass is 9.47. The fourth-order valence-electron chi connectivity index (χ4n) is 8.38. The Balaban J connectivity index is 1.41. The van der Waals surface area contributed by atoms with Crippen molar-refractivity contribution in [3.05, 3.63) is 28.2 Å². The molecular formula is C28H36N2O3S. The Morgan fingerprint density at radius 1 is 1.21 bits per heavy atom. The van der Waals surface area contributed by atoms with Gasteiger partial charge >= 0.3 is 0 Å². The van der Waals surface area contributed by atoms with Crippen LogP contribution >= 0.6 is 11.3 Å². The van der Waals surface area contributed by atoms with Gasteiger partial charge in [0.15, 0.2) is 0 Å². The number of nitriles is 1. The van der Waals surface area contributed by atoms with E-state index in [1.165, 1.54) is 43.1 Å². The molecule has 1 heterocycles. The lowest BCUT2D eigenvalue weighted by Crippen LogP contribution is -2.50. The highest BCUT2D eigenvalue weighted by atomic mass is 32.1. The molecule has 5 nitrogen and oxygen atoms in total. The van der Waals surface area contributed by atoms with Crippen LogP contribution in [0.3, 0.4) is 0 Å². The second-order valence-corrected chi connectivity index (χ2v) is 12.6. The van der Waals surface area contributed by atoms with Gasteiger partial charge in [-0.05, 0) is 104 Å². The zero-order valence-corrected chi connectivity index (χ0v) is 21.3. The number of nitrogens with one attached hydrogen (secondary N) is 1. The van der Waals surface area contributed by atoms with Crippen LogP contribution < -0.4 is 5.32 Å². The van der Waals surface area contributed by atoms with Gasteiger partial charge in [-0.25, -0.2) is 0 Å². The molecule has 3 saturated carbocycles. The number of anilines is 1. The number of carbonyl (C=O) groups is 2. The highest BCUT2D eigenvalue weighted by Gasteiger charge is 2.59. The molecule has 1 amide bonds. The van der Waals surface area contributed by atoms with Gasteiger partial charge in [0.1, 0.15) is 16.9 Å². The van der Waals surface area contributed by atoms with Gasteiger partial charge in [-0.2, -0.15) is 5.26 Å². The molecule has 6 heteroatoms. The van der Waals surface area contributed by atoms with Crippen molar-refractivity contribution in [2.24, 2.45) is 28.6 Å². The van der Waals surface area contributed by atoms with Crippen LogP contribution in [0, 0.1) is 39.9 Å². The van der Waals surface area contributed by atoms with E-state index >= 15 is 0 Å². The molecule has 0 bridgehead atoms. The van der Waals surface area contributed by atoms with Gasteiger partial charge in [0.2, 0.25) is 5.91 Å². The summed E-state index contributed by atoms with van der Waals surface area (Å²) in [5, 5.41) is 25.7. The van der Waals surface area contributed by atoms with Crippen molar-refractivity contribution < 1.29 is 14.7 Å². The van der Waals surface area contributed by atoms with Gasteiger partial charge in [-0.3, -0.25) is 9.59 Å². The van der Waals surface area contributed by atoms with Gasteiger partial charge in [0, 0.05) is 0 Å². The predicted molar refractivity (Wildman–Crippen MR) is 133 cm³/mol. The van der Waals surface area contributed by atoms with Crippen LogP contribution in [0.15, 0.2) is 17.0 Å². The van der Waals surface area contributed by atoms with Gasteiger partial charge in [0.05, 0.1) is 18.1 Å². The molecule has 0 aromatic carbocycles. The third-order valence-electron chi connectivity index (χ3n) is 10.0. The lowest BCUT2D eigenvalue weighted by Gasteiger charge is -2.58. The van der Waals surface area contributed by atoms with Crippen LogP contribution in [0.5, 0.6) is 0 Å². The molecule has 2 N–H and O–H groups in total. The number of ketones is 1. The topological polar surface area (TPSA) is 90.2 Å². The van der Waals surface area contributed by atoms with Crippen molar-refractivity contribution in [2.75, 3.05) is 5.32 Å². The maximum atomic E-state index is 12.2. The number of rotatable bonds is 4. The fourth-order valence-corrected chi connectivity index (χ4v) is 9.37. The Morgan fingerprint density at radius 3 is 2.74 bits per heavy atom. The standard InChI is InChI=1S/C28H36N2O3S/c1-16(31)12-25(33)30-26-20(14-29)21(15-34-26)23-7-6-22-19-5-4-17-13-18(32)8-10-27(17,2)24(19)9-11-28(22,23)3/h4,15,18-19,22-24,32H,5-13H2,1-3H3,(H,30,33)/t18-,19-,22-,23?,24-,27-,28-/m0/s1. The first kappa shape index (κ1) is 23.8. The maximum absolute atomic E-state index is 12.2. The van der Waals surface area contributed by atoms with E-state index in [1.54, 1.807) is 0 Å². The highest BCUT2D eigenvalue weighted by molar-refractivity contribution is 7.14.